The van der Waals surface area contributed by atoms with E-state index in [1.807, 2.05) is 24.3 Å². The minimum atomic E-state index is -3.07. The first kappa shape index (κ1) is 27.5. The third-order valence-electron chi connectivity index (χ3n) is 8.56. The molecule has 3 aliphatic rings. The molecular weight excluding hydrogens is 543 g/mol. The van der Waals surface area contributed by atoms with Crippen LogP contribution in [0.3, 0.4) is 0 Å². The van der Waals surface area contributed by atoms with E-state index in [1.165, 1.54) is 12.1 Å². The molecule has 3 aromatic rings. The highest BCUT2D eigenvalue weighted by atomic mass is 32.2. The van der Waals surface area contributed by atoms with E-state index in [4.69, 9.17) is 9.40 Å². The van der Waals surface area contributed by atoms with E-state index in [1.54, 1.807) is 12.1 Å². The normalized spacial score (nSPS) is 23.0. The van der Waals surface area contributed by atoms with Crippen molar-refractivity contribution in [2.45, 2.75) is 50.5 Å². The molecule has 2 heterocycles. The molecule has 0 unspecified atom stereocenters. The number of amides is 1. The van der Waals surface area contributed by atoms with Gasteiger partial charge in [0.25, 0.3) is 0 Å². The maximum atomic E-state index is 13.7. The van der Waals surface area contributed by atoms with Crippen molar-refractivity contribution in [2.24, 2.45) is 11.8 Å². The number of nitrogens with zero attached hydrogens (tertiary/aromatic N) is 3. The standard InChI is InChI=1S/C31H33FN4O4S/c32-22-13-11-21(12-14-22)31-35-28(25-7-3-4-8-27(25)36-15-17-41(38,39)18-16-36)29(40-31)23-5-1-2-6-24(23)30(37)34-26(19-33)20-9-10-20/h3-4,7-8,11-14,20,23-24,26H,1-2,5-6,9-10,15-18H2,(H,34,37)/t23-,24-,26-/m1/s1. The molecule has 41 heavy (non-hydrogen) atoms. The van der Waals surface area contributed by atoms with E-state index in [9.17, 15) is 22.9 Å². The summed E-state index contributed by atoms with van der Waals surface area (Å²) in [6.07, 6.45) is 5.15. The molecule has 10 heteroatoms. The molecule has 0 bridgehead atoms. The second kappa shape index (κ2) is 11.3. The molecule has 8 nitrogen and oxygen atoms in total. The molecule has 1 aromatic heterocycles. The first-order valence-electron chi connectivity index (χ1n) is 14.3. The summed E-state index contributed by atoms with van der Waals surface area (Å²) >= 11 is 0. The fraction of sp³-hybridized carbons (Fsp3) is 0.452. The monoisotopic (exact) mass is 576 g/mol. The minimum Gasteiger partial charge on any atom is -0.440 e. The number of benzene rings is 2. The number of para-hydroxylation sites is 1. The number of aromatic nitrogens is 1. The zero-order valence-corrected chi connectivity index (χ0v) is 23.6. The van der Waals surface area contributed by atoms with Gasteiger partial charge in [0.2, 0.25) is 11.8 Å². The van der Waals surface area contributed by atoms with Gasteiger partial charge in [-0.3, -0.25) is 4.79 Å². The highest BCUT2D eigenvalue weighted by Crippen LogP contribution is 2.46. The summed E-state index contributed by atoms with van der Waals surface area (Å²) in [7, 11) is -3.07. The first-order chi connectivity index (χ1) is 19.8. The van der Waals surface area contributed by atoms with Crippen LogP contribution in [-0.2, 0) is 14.6 Å². The summed E-state index contributed by atoms with van der Waals surface area (Å²) in [6, 6.07) is 15.5. The van der Waals surface area contributed by atoms with Gasteiger partial charge in [-0.25, -0.2) is 17.8 Å². The van der Waals surface area contributed by atoms with E-state index in [0.29, 0.717) is 42.4 Å². The Hall–Kier alpha value is -3.71. The minimum absolute atomic E-state index is 0.0831. The lowest BCUT2D eigenvalue weighted by molar-refractivity contribution is -0.127. The molecule has 1 amide bonds. The van der Waals surface area contributed by atoms with Gasteiger partial charge in [0.15, 0.2) is 9.84 Å². The van der Waals surface area contributed by atoms with E-state index < -0.39 is 15.9 Å². The number of oxazole rings is 1. The fourth-order valence-corrected chi connectivity index (χ4v) is 7.30. The zero-order valence-electron chi connectivity index (χ0n) is 22.8. The highest BCUT2D eigenvalue weighted by molar-refractivity contribution is 7.91. The van der Waals surface area contributed by atoms with Gasteiger partial charge in [-0.1, -0.05) is 31.0 Å². The number of anilines is 1. The topological polar surface area (TPSA) is 116 Å². The van der Waals surface area contributed by atoms with Crippen LogP contribution in [0.15, 0.2) is 52.9 Å². The summed E-state index contributed by atoms with van der Waals surface area (Å²) in [5, 5.41) is 12.6. The van der Waals surface area contributed by atoms with Crippen LogP contribution in [0.5, 0.6) is 0 Å². The Morgan fingerprint density at radius 1 is 1.05 bits per heavy atom. The number of carbonyl (C=O) groups is 1. The van der Waals surface area contributed by atoms with Crippen LogP contribution in [0.1, 0.15) is 50.2 Å². The molecule has 2 saturated carbocycles. The summed E-state index contributed by atoms with van der Waals surface area (Å²) in [6.45, 7) is 0.755. The number of sulfone groups is 1. The summed E-state index contributed by atoms with van der Waals surface area (Å²) in [5.74, 6) is 0.194. The average Bonchev–Trinajstić information content (AvgIpc) is 3.74. The van der Waals surface area contributed by atoms with Crippen LogP contribution in [0.4, 0.5) is 10.1 Å². The van der Waals surface area contributed by atoms with Gasteiger partial charge in [0, 0.05) is 41.7 Å². The van der Waals surface area contributed by atoms with Crippen LogP contribution in [0.25, 0.3) is 22.7 Å². The molecular formula is C31H33FN4O4S. The van der Waals surface area contributed by atoms with Crippen molar-refractivity contribution in [2.75, 3.05) is 29.5 Å². The molecule has 1 saturated heterocycles. The lowest BCUT2D eigenvalue weighted by atomic mass is 9.76. The number of nitriles is 1. The Kier molecular flexibility index (Phi) is 7.56. The van der Waals surface area contributed by atoms with Gasteiger partial charge in [0.05, 0.1) is 17.6 Å². The lowest BCUT2D eigenvalue weighted by Gasteiger charge is -2.32. The second-order valence-electron chi connectivity index (χ2n) is 11.3. The van der Waals surface area contributed by atoms with Gasteiger partial charge in [0.1, 0.15) is 23.3 Å². The Labute approximate surface area is 239 Å². The number of hydrogen-bond acceptors (Lipinski definition) is 7. The predicted molar refractivity (Wildman–Crippen MR) is 153 cm³/mol. The second-order valence-corrected chi connectivity index (χ2v) is 13.6. The third kappa shape index (κ3) is 5.87. The molecule has 6 rings (SSSR count). The van der Waals surface area contributed by atoms with Crippen LogP contribution in [0, 0.1) is 29.0 Å². The third-order valence-corrected chi connectivity index (χ3v) is 10.2. The van der Waals surface area contributed by atoms with Crippen molar-refractivity contribution < 1.29 is 22.0 Å². The summed E-state index contributed by atoms with van der Waals surface area (Å²) < 4.78 is 44.5. The van der Waals surface area contributed by atoms with E-state index >= 15 is 0 Å². The van der Waals surface area contributed by atoms with Crippen molar-refractivity contribution in [3.63, 3.8) is 0 Å². The van der Waals surface area contributed by atoms with Gasteiger partial charge < -0.3 is 14.6 Å². The molecule has 214 valence electrons. The quantitative estimate of drug-likeness (QED) is 0.417. The van der Waals surface area contributed by atoms with Crippen LogP contribution >= 0.6 is 0 Å². The van der Waals surface area contributed by atoms with Crippen molar-refractivity contribution in [3.8, 4) is 28.8 Å². The molecule has 2 aliphatic carbocycles. The van der Waals surface area contributed by atoms with Gasteiger partial charge in [-0.15, -0.1) is 0 Å². The number of halogens is 1. The molecule has 0 spiro atoms. The number of carbonyl (C=O) groups excluding carboxylic acids is 1. The van der Waals surface area contributed by atoms with Crippen LogP contribution < -0.4 is 10.2 Å². The maximum absolute atomic E-state index is 13.7. The Bertz CT molecular complexity index is 1560. The highest BCUT2D eigenvalue weighted by Gasteiger charge is 2.40. The number of nitrogens with one attached hydrogen (secondary N) is 1. The van der Waals surface area contributed by atoms with Gasteiger partial charge >= 0.3 is 0 Å². The zero-order chi connectivity index (χ0) is 28.6. The Morgan fingerprint density at radius 3 is 2.46 bits per heavy atom. The smallest absolute Gasteiger partial charge is 0.226 e. The lowest BCUT2D eigenvalue weighted by Crippen LogP contribution is -2.42. The van der Waals surface area contributed by atoms with Crippen molar-refractivity contribution >= 4 is 21.4 Å². The number of rotatable bonds is 7. The van der Waals surface area contributed by atoms with E-state index in [0.717, 1.165) is 43.4 Å². The molecule has 1 N–H and O–H groups in total. The number of hydrogen-bond donors (Lipinski definition) is 1. The van der Waals surface area contributed by atoms with E-state index in [-0.39, 0.29) is 41.0 Å². The van der Waals surface area contributed by atoms with Crippen LogP contribution in [-0.4, -0.2) is 49.9 Å². The summed E-state index contributed by atoms with van der Waals surface area (Å²) in [4.78, 5) is 20.6. The van der Waals surface area contributed by atoms with Crippen molar-refractivity contribution in [3.05, 3.63) is 60.1 Å². The molecule has 3 fully saturated rings. The van der Waals surface area contributed by atoms with Crippen molar-refractivity contribution in [1.82, 2.24) is 10.3 Å². The maximum Gasteiger partial charge on any atom is 0.226 e. The molecule has 2 aromatic carbocycles. The Balaban J connectivity index is 1.41. The van der Waals surface area contributed by atoms with Crippen molar-refractivity contribution in [1.29, 1.82) is 5.26 Å². The van der Waals surface area contributed by atoms with Gasteiger partial charge in [-0.2, -0.15) is 5.26 Å². The molecule has 1 aliphatic heterocycles. The average molecular weight is 577 g/mol. The Morgan fingerprint density at radius 2 is 1.76 bits per heavy atom. The van der Waals surface area contributed by atoms with Crippen LogP contribution in [0.2, 0.25) is 0 Å². The largest absolute Gasteiger partial charge is 0.440 e. The summed E-state index contributed by atoms with van der Waals surface area (Å²) in [5.41, 5.74) is 2.89. The first-order valence-corrected chi connectivity index (χ1v) is 16.2. The molecule has 0 radical (unpaired) electrons. The molecule has 3 atom stereocenters. The predicted octanol–water partition coefficient (Wildman–Crippen LogP) is 5.07. The van der Waals surface area contributed by atoms with E-state index in [2.05, 4.69) is 16.3 Å². The fourth-order valence-electron chi connectivity index (χ4n) is 6.10. The van der Waals surface area contributed by atoms with Gasteiger partial charge in [-0.05, 0) is 61.9 Å². The SMILES string of the molecule is N#C[C@@H](NC(=O)[C@@H]1CCCC[C@H]1c1oc(-c2ccc(F)cc2)nc1-c1ccccc1N1CCS(=O)(=O)CC1)C1CC1.